The normalized spacial score (nSPS) is 23.1. The van der Waals surface area contributed by atoms with Crippen LogP contribution < -0.4 is 5.32 Å². The van der Waals surface area contributed by atoms with Gasteiger partial charge in [-0.25, -0.2) is 13.2 Å². The van der Waals surface area contributed by atoms with Crippen LogP contribution in [0.4, 0.5) is 0 Å². The van der Waals surface area contributed by atoms with Crippen molar-refractivity contribution in [1.29, 1.82) is 0 Å². The lowest BCUT2D eigenvalue weighted by Crippen LogP contribution is -2.43. The first-order chi connectivity index (χ1) is 15.3. The molecule has 0 unspecified atom stereocenters. The smallest absolute Gasteiger partial charge is 0.374 e. The Labute approximate surface area is 189 Å². The zero-order chi connectivity index (χ0) is 23.1. The van der Waals surface area contributed by atoms with E-state index in [1.54, 1.807) is 6.92 Å². The zero-order valence-corrected chi connectivity index (χ0v) is 19.7. The summed E-state index contributed by atoms with van der Waals surface area (Å²) in [7, 11) is -3.87. The Morgan fingerprint density at radius 1 is 1.16 bits per heavy atom. The van der Waals surface area contributed by atoms with Gasteiger partial charge in [0.2, 0.25) is 16.8 Å². The largest absolute Gasteiger partial charge is 0.460 e. The van der Waals surface area contributed by atoms with Crippen LogP contribution in [-0.2, 0) is 24.3 Å². The Kier molecular flexibility index (Phi) is 8.72. The number of sulfonamides is 1. The Hall–Kier alpha value is -1.91. The predicted molar refractivity (Wildman–Crippen MR) is 117 cm³/mol. The van der Waals surface area contributed by atoms with E-state index in [0.29, 0.717) is 31.9 Å². The van der Waals surface area contributed by atoms with Gasteiger partial charge in [0.15, 0.2) is 0 Å². The summed E-state index contributed by atoms with van der Waals surface area (Å²) < 4.78 is 42.9. The molecule has 1 aromatic heterocycles. The topological polar surface area (TPSA) is 115 Å². The molecular weight excluding hydrogens is 436 g/mol. The molecule has 2 atom stereocenters. The van der Waals surface area contributed by atoms with E-state index in [4.69, 9.17) is 13.9 Å². The molecule has 1 amide bonds. The van der Waals surface area contributed by atoms with Crippen molar-refractivity contribution < 1.29 is 31.9 Å². The van der Waals surface area contributed by atoms with Gasteiger partial charge in [-0.1, -0.05) is 19.8 Å². The minimum atomic E-state index is -3.87. The molecule has 1 saturated heterocycles. The summed E-state index contributed by atoms with van der Waals surface area (Å²) in [6.45, 7) is 5.42. The Morgan fingerprint density at radius 3 is 2.56 bits per heavy atom. The quantitative estimate of drug-likeness (QED) is 0.436. The highest BCUT2D eigenvalue weighted by Gasteiger charge is 2.34. The SMILES string of the molecule is CCOC(=O)c1ccc(S(=O)(=O)N2CCC(C(=O)NCCO[C@H]3CCCC[C@@H]3C)CC2)o1. The average molecular weight is 471 g/mol. The van der Waals surface area contributed by atoms with E-state index in [1.165, 1.54) is 35.7 Å². The van der Waals surface area contributed by atoms with Crippen LogP contribution in [0.25, 0.3) is 0 Å². The maximum atomic E-state index is 12.8. The van der Waals surface area contributed by atoms with Crippen molar-refractivity contribution in [2.24, 2.45) is 11.8 Å². The molecule has 180 valence electrons. The van der Waals surface area contributed by atoms with Gasteiger partial charge in [-0.2, -0.15) is 4.31 Å². The fraction of sp³-hybridized carbons (Fsp3) is 0.727. The monoisotopic (exact) mass is 470 g/mol. The fourth-order valence-corrected chi connectivity index (χ4v) is 5.70. The maximum Gasteiger partial charge on any atom is 0.374 e. The number of piperidine rings is 1. The second-order valence-electron chi connectivity index (χ2n) is 8.48. The molecule has 32 heavy (non-hydrogen) atoms. The highest BCUT2D eigenvalue weighted by atomic mass is 32.2. The zero-order valence-electron chi connectivity index (χ0n) is 18.9. The lowest BCUT2D eigenvalue weighted by molar-refractivity contribution is -0.126. The molecule has 1 aliphatic carbocycles. The highest BCUT2D eigenvalue weighted by Crippen LogP contribution is 2.27. The maximum absolute atomic E-state index is 12.8. The van der Waals surface area contributed by atoms with Crippen LogP contribution in [0.2, 0.25) is 0 Å². The van der Waals surface area contributed by atoms with Gasteiger partial charge < -0.3 is 19.2 Å². The molecule has 10 heteroatoms. The number of hydrogen-bond acceptors (Lipinski definition) is 7. The van der Waals surface area contributed by atoms with Gasteiger partial charge in [0.05, 0.1) is 19.3 Å². The van der Waals surface area contributed by atoms with Crippen molar-refractivity contribution in [3.05, 3.63) is 17.9 Å². The molecule has 3 rings (SSSR count). The fourth-order valence-electron chi connectivity index (χ4n) is 4.32. The van der Waals surface area contributed by atoms with Crippen LogP contribution in [-0.4, -0.2) is 63.6 Å². The number of rotatable bonds is 9. The molecule has 2 heterocycles. The number of ether oxygens (including phenoxy) is 2. The van der Waals surface area contributed by atoms with Gasteiger partial charge in [0.1, 0.15) is 0 Å². The molecular formula is C22H34N2O7S. The van der Waals surface area contributed by atoms with Crippen LogP contribution in [0, 0.1) is 11.8 Å². The molecule has 1 aromatic rings. The van der Waals surface area contributed by atoms with Crippen molar-refractivity contribution in [1.82, 2.24) is 9.62 Å². The summed E-state index contributed by atoms with van der Waals surface area (Å²) in [4.78, 5) is 24.2. The van der Waals surface area contributed by atoms with E-state index in [1.807, 2.05) is 0 Å². The number of esters is 1. The number of furan rings is 1. The summed E-state index contributed by atoms with van der Waals surface area (Å²) in [5.41, 5.74) is 0. The number of carbonyl (C=O) groups excluding carboxylic acids is 2. The third-order valence-electron chi connectivity index (χ3n) is 6.24. The summed E-state index contributed by atoms with van der Waals surface area (Å²) >= 11 is 0. The number of hydrogen-bond donors (Lipinski definition) is 1. The molecule has 1 N–H and O–H groups in total. The van der Waals surface area contributed by atoms with Gasteiger partial charge in [0, 0.05) is 25.6 Å². The van der Waals surface area contributed by atoms with Crippen molar-refractivity contribution >= 4 is 21.9 Å². The van der Waals surface area contributed by atoms with Crippen LogP contribution >= 0.6 is 0 Å². The van der Waals surface area contributed by atoms with Crippen molar-refractivity contribution in [2.45, 2.75) is 63.6 Å². The van der Waals surface area contributed by atoms with Gasteiger partial charge >= 0.3 is 5.97 Å². The van der Waals surface area contributed by atoms with E-state index in [-0.39, 0.29) is 48.5 Å². The third kappa shape index (κ3) is 6.11. The van der Waals surface area contributed by atoms with E-state index < -0.39 is 16.0 Å². The first kappa shape index (κ1) is 24.7. The molecule has 0 bridgehead atoms. The van der Waals surface area contributed by atoms with Gasteiger partial charge in [-0.05, 0) is 50.7 Å². The van der Waals surface area contributed by atoms with Crippen LogP contribution in [0.5, 0.6) is 0 Å². The van der Waals surface area contributed by atoms with Crippen LogP contribution in [0.1, 0.15) is 62.9 Å². The summed E-state index contributed by atoms with van der Waals surface area (Å²) in [6.07, 6.45) is 5.87. The summed E-state index contributed by atoms with van der Waals surface area (Å²) in [5.74, 6) is -0.587. The first-order valence-electron chi connectivity index (χ1n) is 11.5. The van der Waals surface area contributed by atoms with Gasteiger partial charge in [-0.3, -0.25) is 4.79 Å². The average Bonchev–Trinajstić information content (AvgIpc) is 3.29. The second kappa shape index (κ2) is 11.3. The number of amides is 1. The van der Waals surface area contributed by atoms with E-state index in [9.17, 15) is 18.0 Å². The number of carbonyl (C=O) groups is 2. The highest BCUT2D eigenvalue weighted by molar-refractivity contribution is 7.89. The first-order valence-corrected chi connectivity index (χ1v) is 12.9. The predicted octanol–water partition coefficient (Wildman–Crippen LogP) is 2.57. The van der Waals surface area contributed by atoms with E-state index in [2.05, 4.69) is 12.2 Å². The summed E-state index contributed by atoms with van der Waals surface area (Å²) in [6, 6.07) is 2.55. The lowest BCUT2D eigenvalue weighted by Gasteiger charge is -2.30. The molecule has 9 nitrogen and oxygen atoms in total. The second-order valence-corrected chi connectivity index (χ2v) is 10.3. The van der Waals surface area contributed by atoms with Gasteiger partial charge in [0.25, 0.3) is 10.0 Å². The molecule has 0 spiro atoms. The minimum absolute atomic E-state index is 0.0649. The molecule has 0 radical (unpaired) electrons. The van der Waals surface area contributed by atoms with Crippen molar-refractivity contribution in [3.8, 4) is 0 Å². The molecule has 1 saturated carbocycles. The van der Waals surface area contributed by atoms with Crippen LogP contribution in [0.15, 0.2) is 21.6 Å². The standard InChI is InChI=1S/C22H34N2O7S/c1-3-29-22(26)19-8-9-20(31-19)32(27,28)24-13-10-17(11-14-24)21(25)23-12-15-30-18-7-5-4-6-16(18)2/h8-9,16-18H,3-7,10-15H2,1-2H3,(H,23,25)/t16-,18-/m0/s1. The number of nitrogens with one attached hydrogen (secondary N) is 1. The number of nitrogens with zero attached hydrogens (tertiary/aromatic N) is 1. The van der Waals surface area contributed by atoms with Gasteiger partial charge in [-0.15, -0.1) is 0 Å². The summed E-state index contributed by atoms with van der Waals surface area (Å²) in [5, 5.41) is 2.62. The van der Waals surface area contributed by atoms with Crippen molar-refractivity contribution in [2.75, 3.05) is 32.8 Å². The van der Waals surface area contributed by atoms with Crippen molar-refractivity contribution in [3.63, 3.8) is 0 Å². The minimum Gasteiger partial charge on any atom is -0.460 e. The van der Waals surface area contributed by atoms with E-state index in [0.717, 1.165) is 6.42 Å². The Balaban J connectivity index is 1.42. The molecule has 2 fully saturated rings. The Morgan fingerprint density at radius 2 is 1.88 bits per heavy atom. The third-order valence-corrected chi connectivity index (χ3v) is 8.02. The van der Waals surface area contributed by atoms with E-state index >= 15 is 0 Å². The molecule has 2 aliphatic rings. The Bertz CT molecular complexity index is 875. The molecule has 1 aliphatic heterocycles. The lowest BCUT2D eigenvalue weighted by atomic mass is 9.88. The van der Waals surface area contributed by atoms with Crippen LogP contribution in [0.3, 0.4) is 0 Å². The molecule has 0 aromatic carbocycles.